The molecule has 4 aromatic rings. The van der Waals surface area contributed by atoms with Crippen LogP contribution < -0.4 is 9.47 Å². The first-order valence-electron chi connectivity index (χ1n) is 15.8. The quantitative estimate of drug-likeness (QED) is 0.116. The van der Waals surface area contributed by atoms with Gasteiger partial charge in [0.15, 0.2) is 11.6 Å². The first kappa shape index (κ1) is 35.2. The van der Waals surface area contributed by atoms with Gasteiger partial charge in [-0.15, -0.1) is 13.2 Å². The lowest BCUT2D eigenvalue weighted by molar-refractivity contribution is -0.275. The zero-order valence-corrected chi connectivity index (χ0v) is 26.0. The summed E-state index contributed by atoms with van der Waals surface area (Å²) in [5.41, 5.74) is -0.955. The Balaban J connectivity index is 1.27. The maximum Gasteiger partial charge on any atom is 0.573 e. The van der Waals surface area contributed by atoms with Crippen LogP contribution in [0.4, 0.5) is 39.5 Å². The minimum Gasteiger partial charge on any atom is -0.429 e. The van der Waals surface area contributed by atoms with Crippen LogP contribution in [0.15, 0.2) is 72.8 Å². The Morgan fingerprint density at radius 2 is 1.25 bits per heavy atom. The zero-order valence-electron chi connectivity index (χ0n) is 26.0. The van der Waals surface area contributed by atoms with Crippen molar-refractivity contribution in [2.75, 3.05) is 0 Å². The Bertz CT molecular complexity index is 1690. The molecule has 1 fully saturated rings. The Kier molecular flexibility index (Phi) is 10.7. The maximum absolute atomic E-state index is 15.2. The second kappa shape index (κ2) is 14.5. The molecule has 48 heavy (non-hydrogen) atoms. The third-order valence-electron chi connectivity index (χ3n) is 8.76. The molecule has 0 radical (unpaired) electrons. The van der Waals surface area contributed by atoms with E-state index in [1.165, 1.54) is 49.9 Å². The van der Waals surface area contributed by atoms with Crippen molar-refractivity contribution in [2.24, 2.45) is 5.92 Å². The van der Waals surface area contributed by atoms with Crippen LogP contribution in [0.1, 0.15) is 75.3 Å². The highest BCUT2D eigenvalue weighted by atomic mass is 19.4. The van der Waals surface area contributed by atoms with Crippen LogP contribution in [0, 0.1) is 29.2 Å². The van der Waals surface area contributed by atoms with E-state index in [0.717, 1.165) is 61.6 Å². The van der Waals surface area contributed by atoms with Gasteiger partial charge in [-0.2, -0.15) is 8.78 Å². The van der Waals surface area contributed by atoms with Crippen LogP contribution in [-0.4, -0.2) is 6.36 Å². The second-order valence-corrected chi connectivity index (χ2v) is 12.1. The number of halogens is 9. The lowest BCUT2D eigenvalue weighted by atomic mass is 9.77. The number of benzene rings is 4. The molecule has 4 aromatic carbocycles. The molecule has 0 aliphatic heterocycles. The molecule has 0 bridgehead atoms. The number of rotatable bonds is 11. The van der Waals surface area contributed by atoms with Crippen LogP contribution in [-0.2, 0) is 6.11 Å². The lowest BCUT2D eigenvalue weighted by Crippen LogP contribution is -2.25. The van der Waals surface area contributed by atoms with Gasteiger partial charge < -0.3 is 9.47 Å². The van der Waals surface area contributed by atoms with Gasteiger partial charge in [0.2, 0.25) is 0 Å². The molecule has 1 saturated carbocycles. The van der Waals surface area contributed by atoms with E-state index in [0.29, 0.717) is 18.1 Å². The number of unbranched alkanes of at least 4 members (excludes halogenated alkanes) is 2. The smallest absolute Gasteiger partial charge is 0.429 e. The first-order chi connectivity index (χ1) is 22.7. The van der Waals surface area contributed by atoms with E-state index in [4.69, 9.17) is 0 Å². The fraction of sp³-hybridized carbons (Fsp3) is 0.351. The molecule has 256 valence electrons. The van der Waals surface area contributed by atoms with E-state index in [-0.39, 0.29) is 28.2 Å². The van der Waals surface area contributed by atoms with E-state index >= 15 is 22.0 Å². The van der Waals surface area contributed by atoms with Crippen molar-refractivity contribution in [3.05, 3.63) is 107 Å². The highest BCUT2D eigenvalue weighted by molar-refractivity contribution is 5.66. The fourth-order valence-electron chi connectivity index (χ4n) is 6.30. The van der Waals surface area contributed by atoms with Crippen LogP contribution in [0.5, 0.6) is 11.5 Å². The molecule has 0 aromatic heterocycles. The number of hydrogen-bond acceptors (Lipinski definition) is 2. The third-order valence-corrected chi connectivity index (χ3v) is 8.76. The summed E-state index contributed by atoms with van der Waals surface area (Å²) >= 11 is 0. The second-order valence-electron chi connectivity index (χ2n) is 12.1. The van der Waals surface area contributed by atoms with Crippen molar-refractivity contribution < 1.29 is 49.0 Å². The van der Waals surface area contributed by atoms with Gasteiger partial charge in [-0.05, 0) is 102 Å². The van der Waals surface area contributed by atoms with E-state index in [9.17, 15) is 17.6 Å². The van der Waals surface area contributed by atoms with E-state index < -0.39 is 52.8 Å². The molecule has 5 rings (SSSR count). The van der Waals surface area contributed by atoms with Crippen LogP contribution in [0.25, 0.3) is 22.3 Å². The summed E-state index contributed by atoms with van der Waals surface area (Å²) in [4.78, 5) is 0. The normalized spacial score (nSPS) is 17.0. The zero-order chi connectivity index (χ0) is 34.6. The van der Waals surface area contributed by atoms with Gasteiger partial charge >= 0.3 is 12.5 Å². The molecule has 0 heterocycles. The molecule has 1 aliphatic rings. The number of hydrogen-bond donors (Lipinski definition) is 0. The standard InChI is InChI=1S/C37H33F9O2/c1-2-3-4-5-22-6-8-23(9-7-22)25-12-16-29(30(38)18-25)27-20-32(40)35(33(41)21-27)36(42,43)47-28-14-10-24(11-15-28)26-13-17-34(31(39)19-26)48-37(44,45)46/h10-23H,2-9H2,1H3. The average molecular weight is 681 g/mol. The topological polar surface area (TPSA) is 18.5 Å². The van der Waals surface area contributed by atoms with E-state index in [2.05, 4.69) is 16.4 Å². The van der Waals surface area contributed by atoms with E-state index in [1.807, 2.05) is 0 Å². The summed E-state index contributed by atoms with van der Waals surface area (Å²) in [7, 11) is 0. The van der Waals surface area contributed by atoms with Crippen LogP contribution in [0.2, 0.25) is 0 Å². The summed E-state index contributed by atoms with van der Waals surface area (Å²) in [5, 5.41) is 0. The van der Waals surface area contributed by atoms with Crippen molar-refractivity contribution in [1.29, 1.82) is 0 Å². The molecule has 0 N–H and O–H groups in total. The van der Waals surface area contributed by atoms with Gasteiger partial charge in [0.05, 0.1) is 0 Å². The van der Waals surface area contributed by atoms with Gasteiger partial charge in [-0.1, -0.05) is 62.9 Å². The minimum atomic E-state index is -5.10. The third kappa shape index (κ3) is 8.46. The molecule has 0 amide bonds. The predicted octanol–water partition coefficient (Wildman–Crippen LogP) is 12.5. The summed E-state index contributed by atoms with van der Waals surface area (Å²) < 4.78 is 135. The molecular formula is C37H33F9O2. The number of ether oxygens (including phenoxy) is 2. The predicted molar refractivity (Wildman–Crippen MR) is 164 cm³/mol. The molecule has 0 unspecified atom stereocenters. The van der Waals surface area contributed by atoms with Crippen molar-refractivity contribution >= 4 is 0 Å². The summed E-state index contributed by atoms with van der Waals surface area (Å²) in [6, 6.07) is 12.8. The molecular weight excluding hydrogens is 647 g/mol. The van der Waals surface area contributed by atoms with Gasteiger partial charge in [0.1, 0.15) is 28.8 Å². The van der Waals surface area contributed by atoms with Crippen LogP contribution >= 0.6 is 0 Å². The van der Waals surface area contributed by atoms with Crippen LogP contribution in [0.3, 0.4) is 0 Å². The van der Waals surface area contributed by atoms with Gasteiger partial charge in [-0.25, -0.2) is 17.6 Å². The summed E-state index contributed by atoms with van der Waals surface area (Å²) in [6.45, 7) is 2.17. The minimum absolute atomic E-state index is 0.0958. The molecule has 0 atom stereocenters. The fourth-order valence-corrected chi connectivity index (χ4v) is 6.30. The Morgan fingerprint density at radius 3 is 1.83 bits per heavy atom. The Morgan fingerprint density at radius 1 is 0.625 bits per heavy atom. The Hall–Kier alpha value is -4.15. The van der Waals surface area contributed by atoms with E-state index in [1.54, 1.807) is 6.07 Å². The molecule has 1 aliphatic carbocycles. The number of alkyl halides is 5. The maximum atomic E-state index is 15.2. The van der Waals surface area contributed by atoms with Crippen molar-refractivity contribution in [3.63, 3.8) is 0 Å². The van der Waals surface area contributed by atoms with Crippen molar-refractivity contribution in [2.45, 2.75) is 76.7 Å². The molecule has 2 nitrogen and oxygen atoms in total. The lowest BCUT2D eigenvalue weighted by Gasteiger charge is -2.29. The van der Waals surface area contributed by atoms with Gasteiger partial charge in [0.25, 0.3) is 0 Å². The molecule has 0 spiro atoms. The average Bonchev–Trinajstić information content (AvgIpc) is 3.01. The SMILES string of the molecule is CCCCCC1CCC(c2ccc(-c3cc(F)c(C(F)(F)Oc4ccc(-c5ccc(OC(F)(F)F)c(F)c5)cc4)c(F)c3)c(F)c2)CC1. The summed E-state index contributed by atoms with van der Waals surface area (Å²) in [5.74, 6) is -6.03. The van der Waals surface area contributed by atoms with Crippen molar-refractivity contribution in [1.82, 2.24) is 0 Å². The molecule has 0 saturated heterocycles. The monoisotopic (exact) mass is 680 g/mol. The highest BCUT2D eigenvalue weighted by Gasteiger charge is 2.41. The Labute approximate surface area is 272 Å². The van der Waals surface area contributed by atoms with Crippen molar-refractivity contribution in [3.8, 4) is 33.8 Å². The largest absolute Gasteiger partial charge is 0.573 e. The first-order valence-corrected chi connectivity index (χ1v) is 15.8. The van der Waals surface area contributed by atoms with Gasteiger partial charge in [-0.3, -0.25) is 0 Å². The summed E-state index contributed by atoms with van der Waals surface area (Å²) in [6.07, 6.45) is -0.808. The molecule has 11 heteroatoms. The highest BCUT2D eigenvalue weighted by Crippen LogP contribution is 2.41. The van der Waals surface area contributed by atoms with Gasteiger partial charge in [0, 0.05) is 5.56 Å².